The molecule has 0 aliphatic carbocycles. The number of ether oxygens (including phenoxy) is 1. The molecule has 1 heterocycles. The lowest BCUT2D eigenvalue weighted by atomic mass is 9.88. The summed E-state index contributed by atoms with van der Waals surface area (Å²) in [5.74, 6) is 0.387. The molecule has 3 heteroatoms. The fourth-order valence-electron chi connectivity index (χ4n) is 2.99. The van der Waals surface area contributed by atoms with E-state index in [9.17, 15) is 4.39 Å². The van der Waals surface area contributed by atoms with Gasteiger partial charge in [-0.1, -0.05) is 36.4 Å². The number of halogens is 1. The summed E-state index contributed by atoms with van der Waals surface area (Å²) in [5, 5.41) is 3.48. The van der Waals surface area contributed by atoms with Crippen molar-refractivity contribution in [2.75, 3.05) is 13.7 Å². The van der Waals surface area contributed by atoms with Crippen molar-refractivity contribution >= 4 is 0 Å². The van der Waals surface area contributed by atoms with Gasteiger partial charge in [0.05, 0.1) is 7.11 Å². The van der Waals surface area contributed by atoms with E-state index in [0.29, 0.717) is 11.7 Å². The van der Waals surface area contributed by atoms with Crippen LogP contribution in [0.5, 0.6) is 5.75 Å². The quantitative estimate of drug-likeness (QED) is 0.920. The second kappa shape index (κ2) is 5.63. The maximum Gasteiger partial charge on any atom is 0.165 e. The van der Waals surface area contributed by atoms with E-state index < -0.39 is 0 Å². The molecule has 20 heavy (non-hydrogen) atoms. The molecule has 1 aliphatic heterocycles. The Morgan fingerprint density at radius 1 is 1.10 bits per heavy atom. The van der Waals surface area contributed by atoms with Gasteiger partial charge in [-0.05, 0) is 36.2 Å². The lowest BCUT2D eigenvalue weighted by molar-refractivity contribution is 0.385. The van der Waals surface area contributed by atoms with Gasteiger partial charge in [-0.25, -0.2) is 4.39 Å². The van der Waals surface area contributed by atoms with E-state index in [1.165, 1.54) is 12.7 Å². The maximum atomic E-state index is 13.9. The van der Waals surface area contributed by atoms with Crippen LogP contribution >= 0.6 is 0 Å². The van der Waals surface area contributed by atoms with Crippen LogP contribution in [0.3, 0.4) is 0 Å². The predicted molar refractivity (Wildman–Crippen MR) is 77.5 cm³/mol. The summed E-state index contributed by atoms with van der Waals surface area (Å²) in [6, 6.07) is 15.8. The molecule has 1 N–H and O–H groups in total. The Bertz CT molecular complexity index is 585. The molecule has 1 saturated heterocycles. The van der Waals surface area contributed by atoms with Crippen molar-refractivity contribution in [2.24, 2.45) is 0 Å². The van der Waals surface area contributed by atoms with E-state index in [4.69, 9.17) is 4.74 Å². The number of hydrogen-bond donors (Lipinski definition) is 1. The van der Waals surface area contributed by atoms with E-state index in [1.807, 2.05) is 12.1 Å². The van der Waals surface area contributed by atoms with Gasteiger partial charge >= 0.3 is 0 Å². The second-order valence-corrected chi connectivity index (χ2v) is 5.13. The van der Waals surface area contributed by atoms with Crippen molar-refractivity contribution in [3.63, 3.8) is 0 Å². The fraction of sp³-hybridized carbons (Fsp3) is 0.294. The van der Waals surface area contributed by atoms with Crippen molar-refractivity contribution in [3.05, 3.63) is 65.5 Å². The van der Waals surface area contributed by atoms with E-state index in [0.717, 1.165) is 18.5 Å². The zero-order valence-electron chi connectivity index (χ0n) is 11.5. The summed E-state index contributed by atoms with van der Waals surface area (Å²) in [6.45, 7) is 0.956. The highest BCUT2D eigenvalue weighted by Gasteiger charge is 2.29. The third kappa shape index (κ3) is 2.41. The van der Waals surface area contributed by atoms with Crippen molar-refractivity contribution < 1.29 is 9.13 Å². The number of rotatable bonds is 3. The van der Waals surface area contributed by atoms with Crippen molar-refractivity contribution in [1.82, 2.24) is 5.32 Å². The smallest absolute Gasteiger partial charge is 0.165 e. The van der Waals surface area contributed by atoms with Gasteiger partial charge in [0.1, 0.15) is 0 Å². The molecule has 0 bridgehead atoms. The highest BCUT2D eigenvalue weighted by molar-refractivity contribution is 5.34. The molecule has 104 valence electrons. The Morgan fingerprint density at radius 2 is 1.90 bits per heavy atom. The number of nitrogens with one attached hydrogen (secondary N) is 1. The summed E-state index contributed by atoms with van der Waals surface area (Å²) >= 11 is 0. The summed E-state index contributed by atoms with van der Waals surface area (Å²) in [6.07, 6.45) is 1.07. The third-order valence-corrected chi connectivity index (χ3v) is 3.98. The summed E-state index contributed by atoms with van der Waals surface area (Å²) in [4.78, 5) is 0. The first-order chi connectivity index (χ1) is 9.79. The van der Waals surface area contributed by atoms with Crippen LogP contribution in [0, 0.1) is 5.82 Å². The molecule has 1 aliphatic rings. The van der Waals surface area contributed by atoms with Crippen LogP contribution in [-0.4, -0.2) is 13.7 Å². The molecule has 2 atom stereocenters. The molecule has 0 saturated carbocycles. The Balaban J connectivity index is 1.91. The van der Waals surface area contributed by atoms with Gasteiger partial charge in [0.15, 0.2) is 11.6 Å². The molecule has 2 aromatic rings. The molecular weight excluding hydrogens is 253 g/mol. The van der Waals surface area contributed by atoms with E-state index in [2.05, 4.69) is 29.6 Å². The molecule has 2 unspecified atom stereocenters. The number of benzene rings is 2. The topological polar surface area (TPSA) is 21.3 Å². The predicted octanol–water partition coefficient (Wildman–Crippen LogP) is 3.65. The summed E-state index contributed by atoms with van der Waals surface area (Å²) in [5.41, 5.74) is 2.29. The highest BCUT2D eigenvalue weighted by atomic mass is 19.1. The van der Waals surface area contributed by atoms with E-state index in [1.54, 1.807) is 12.1 Å². The molecule has 1 fully saturated rings. The number of hydrogen-bond acceptors (Lipinski definition) is 2. The first-order valence-corrected chi connectivity index (χ1v) is 6.91. The SMILES string of the molecule is COc1ccc(C2NCCC2c2ccccc2)cc1F. The van der Waals surface area contributed by atoms with Crippen LogP contribution in [0.25, 0.3) is 0 Å². The fourth-order valence-corrected chi connectivity index (χ4v) is 2.99. The maximum absolute atomic E-state index is 13.9. The molecule has 3 rings (SSSR count). The molecular formula is C17H18FNO. The van der Waals surface area contributed by atoms with Gasteiger partial charge in [0.2, 0.25) is 0 Å². The van der Waals surface area contributed by atoms with Crippen LogP contribution in [0.1, 0.15) is 29.5 Å². The Kier molecular flexibility index (Phi) is 3.70. The minimum absolute atomic E-state index is 0.165. The zero-order chi connectivity index (χ0) is 13.9. The highest BCUT2D eigenvalue weighted by Crippen LogP contribution is 2.38. The van der Waals surface area contributed by atoms with Gasteiger partial charge < -0.3 is 10.1 Å². The Morgan fingerprint density at radius 3 is 2.60 bits per heavy atom. The minimum Gasteiger partial charge on any atom is -0.494 e. The molecule has 0 spiro atoms. The molecule has 2 nitrogen and oxygen atoms in total. The van der Waals surface area contributed by atoms with E-state index in [-0.39, 0.29) is 11.9 Å². The zero-order valence-corrected chi connectivity index (χ0v) is 11.5. The molecule has 0 radical (unpaired) electrons. The van der Waals surface area contributed by atoms with Crippen LogP contribution < -0.4 is 10.1 Å². The standard InChI is InChI=1S/C17H18FNO/c1-20-16-8-7-13(11-15(16)18)17-14(9-10-19-17)12-5-3-2-4-6-12/h2-8,11,14,17,19H,9-10H2,1H3. The van der Waals surface area contributed by atoms with Gasteiger partial charge in [0.25, 0.3) is 0 Å². The lowest BCUT2D eigenvalue weighted by Crippen LogP contribution is -2.17. The van der Waals surface area contributed by atoms with Crippen LogP contribution in [0.4, 0.5) is 4.39 Å². The van der Waals surface area contributed by atoms with Gasteiger partial charge in [-0.15, -0.1) is 0 Å². The summed E-state index contributed by atoms with van der Waals surface area (Å²) < 4.78 is 18.9. The van der Waals surface area contributed by atoms with Crippen molar-refractivity contribution in [2.45, 2.75) is 18.4 Å². The van der Waals surface area contributed by atoms with Crippen LogP contribution in [-0.2, 0) is 0 Å². The van der Waals surface area contributed by atoms with Gasteiger partial charge in [0, 0.05) is 12.0 Å². The molecule has 0 aromatic heterocycles. The average molecular weight is 271 g/mol. The largest absolute Gasteiger partial charge is 0.494 e. The monoisotopic (exact) mass is 271 g/mol. The third-order valence-electron chi connectivity index (χ3n) is 3.98. The number of methoxy groups -OCH3 is 1. The first-order valence-electron chi connectivity index (χ1n) is 6.91. The normalized spacial score (nSPS) is 21.9. The molecule has 0 amide bonds. The van der Waals surface area contributed by atoms with Crippen LogP contribution in [0.2, 0.25) is 0 Å². The molecule has 2 aromatic carbocycles. The Labute approximate surface area is 118 Å². The Hall–Kier alpha value is -1.87. The average Bonchev–Trinajstić information content (AvgIpc) is 2.97. The minimum atomic E-state index is -0.300. The lowest BCUT2D eigenvalue weighted by Gasteiger charge is -2.21. The van der Waals surface area contributed by atoms with Crippen molar-refractivity contribution in [3.8, 4) is 5.75 Å². The van der Waals surface area contributed by atoms with E-state index >= 15 is 0 Å². The second-order valence-electron chi connectivity index (χ2n) is 5.13. The van der Waals surface area contributed by atoms with Crippen LogP contribution in [0.15, 0.2) is 48.5 Å². The van der Waals surface area contributed by atoms with Gasteiger partial charge in [-0.3, -0.25) is 0 Å². The van der Waals surface area contributed by atoms with Crippen molar-refractivity contribution in [1.29, 1.82) is 0 Å². The van der Waals surface area contributed by atoms with Gasteiger partial charge in [-0.2, -0.15) is 0 Å². The summed E-state index contributed by atoms with van der Waals surface area (Å²) in [7, 11) is 1.48. The first kappa shape index (κ1) is 13.1.